The number of carbonyl (C=O) groups excluding carboxylic acids is 3. The van der Waals surface area contributed by atoms with E-state index in [1.54, 1.807) is 0 Å². The van der Waals surface area contributed by atoms with Crippen molar-refractivity contribution in [1.82, 2.24) is 0 Å². The van der Waals surface area contributed by atoms with Gasteiger partial charge in [0.15, 0.2) is 6.10 Å². The molecule has 0 aliphatic carbocycles. The van der Waals surface area contributed by atoms with E-state index in [1.165, 1.54) is 173 Å². The molecule has 6 heteroatoms. The molecule has 0 aromatic rings. The van der Waals surface area contributed by atoms with Gasteiger partial charge in [-0.05, 0) is 25.2 Å². The molecule has 0 amide bonds. The molecule has 0 heterocycles. The number of unbranched alkanes of at least 4 members (excludes halogenated alkanes) is 33. The smallest absolute Gasteiger partial charge is 0.306 e. The second-order valence-electron chi connectivity index (χ2n) is 17.9. The highest BCUT2D eigenvalue weighted by Gasteiger charge is 2.19. The molecule has 0 saturated heterocycles. The summed E-state index contributed by atoms with van der Waals surface area (Å²) in [5.74, 6) is -0.00815. The lowest BCUT2D eigenvalue weighted by atomic mass is 10.0. The van der Waals surface area contributed by atoms with Crippen LogP contribution < -0.4 is 0 Å². The summed E-state index contributed by atoms with van der Waals surface area (Å²) in [7, 11) is 0. The Hall–Kier alpha value is -1.59. The van der Waals surface area contributed by atoms with Crippen LogP contribution in [0.25, 0.3) is 0 Å². The van der Waals surface area contributed by atoms with Crippen LogP contribution in [0.1, 0.15) is 285 Å². The summed E-state index contributed by atoms with van der Waals surface area (Å²) in [6.07, 6.45) is 46.9. The van der Waals surface area contributed by atoms with Crippen LogP contribution in [0.15, 0.2) is 0 Å². The van der Waals surface area contributed by atoms with E-state index in [4.69, 9.17) is 14.2 Å². The van der Waals surface area contributed by atoms with E-state index in [9.17, 15) is 14.4 Å². The van der Waals surface area contributed by atoms with E-state index in [2.05, 4.69) is 27.7 Å². The Morgan fingerprint density at radius 3 is 0.860 bits per heavy atom. The second kappa shape index (κ2) is 45.5. The highest BCUT2D eigenvalue weighted by molar-refractivity contribution is 5.71. The molecule has 0 aromatic carbocycles. The fourth-order valence-corrected chi connectivity index (χ4v) is 7.69. The maximum absolute atomic E-state index is 12.7. The van der Waals surface area contributed by atoms with Gasteiger partial charge in [-0.15, -0.1) is 0 Å². The normalized spacial score (nSPS) is 11.9. The third-order valence-electron chi connectivity index (χ3n) is 11.5. The van der Waals surface area contributed by atoms with Crippen LogP contribution in [-0.4, -0.2) is 37.2 Å². The molecule has 0 fully saturated rings. The summed E-state index contributed by atoms with van der Waals surface area (Å²) < 4.78 is 16.7. The van der Waals surface area contributed by atoms with Crippen LogP contribution in [0.3, 0.4) is 0 Å². The first-order valence-corrected chi connectivity index (χ1v) is 25.4. The SMILES string of the molecule is CCCCCCCCCCCCCCCCCC(=O)OC[C@@H](COC(=O)CCCCCCC)OC(=O)CCCCCCCCCCCCCCCCCCC(C)C. The number of rotatable bonds is 46. The predicted molar refractivity (Wildman–Crippen MR) is 243 cm³/mol. The minimum absolute atomic E-state index is 0.0638. The van der Waals surface area contributed by atoms with Gasteiger partial charge in [-0.2, -0.15) is 0 Å². The Bertz CT molecular complexity index is 857. The summed E-state index contributed by atoms with van der Waals surface area (Å²) in [5, 5.41) is 0. The van der Waals surface area contributed by atoms with Crippen molar-refractivity contribution >= 4 is 17.9 Å². The quantitative estimate of drug-likeness (QED) is 0.0346. The maximum atomic E-state index is 12.7. The van der Waals surface area contributed by atoms with Crippen LogP contribution in [0.4, 0.5) is 0 Å². The first-order valence-electron chi connectivity index (χ1n) is 25.4. The second-order valence-corrected chi connectivity index (χ2v) is 17.9. The van der Waals surface area contributed by atoms with E-state index in [0.717, 1.165) is 70.1 Å². The molecule has 0 aliphatic rings. The zero-order valence-electron chi connectivity index (χ0n) is 38.8. The lowest BCUT2D eigenvalue weighted by Crippen LogP contribution is -2.30. The Morgan fingerprint density at radius 1 is 0.333 bits per heavy atom. The molecule has 0 bridgehead atoms. The summed E-state index contributed by atoms with van der Waals surface area (Å²) in [5.41, 5.74) is 0. The zero-order valence-corrected chi connectivity index (χ0v) is 38.8. The minimum atomic E-state index is -0.758. The zero-order chi connectivity index (χ0) is 41.7. The molecule has 1 atom stereocenters. The molecular formula is C51H98O6. The number of carbonyl (C=O) groups is 3. The molecule has 0 aromatic heterocycles. The van der Waals surface area contributed by atoms with Crippen molar-refractivity contribution in [3.63, 3.8) is 0 Å². The van der Waals surface area contributed by atoms with Crippen molar-refractivity contribution in [2.24, 2.45) is 5.92 Å². The van der Waals surface area contributed by atoms with Gasteiger partial charge in [0.1, 0.15) is 13.2 Å². The van der Waals surface area contributed by atoms with E-state index in [0.29, 0.717) is 19.3 Å². The van der Waals surface area contributed by atoms with Gasteiger partial charge >= 0.3 is 17.9 Å². The largest absolute Gasteiger partial charge is 0.462 e. The summed E-state index contributed by atoms with van der Waals surface area (Å²) in [6, 6.07) is 0. The summed E-state index contributed by atoms with van der Waals surface area (Å²) in [4.78, 5) is 37.6. The number of hydrogen-bond acceptors (Lipinski definition) is 6. The van der Waals surface area contributed by atoms with Crippen LogP contribution in [0, 0.1) is 5.92 Å². The minimum Gasteiger partial charge on any atom is -0.462 e. The molecular weight excluding hydrogens is 709 g/mol. The molecule has 0 aliphatic heterocycles. The van der Waals surface area contributed by atoms with Crippen molar-refractivity contribution in [2.75, 3.05) is 13.2 Å². The van der Waals surface area contributed by atoms with Gasteiger partial charge in [-0.1, -0.05) is 246 Å². The van der Waals surface area contributed by atoms with Gasteiger partial charge in [-0.25, -0.2) is 0 Å². The Kier molecular flexibility index (Phi) is 44.2. The number of ether oxygens (including phenoxy) is 3. The molecule has 0 saturated carbocycles. The molecule has 0 spiro atoms. The Morgan fingerprint density at radius 2 is 0.579 bits per heavy atom. The molecule has 57 heavy (non-hydrogen) atoms. The van der Waals surface area contributed by atoms with Crippen molar-refractivity contribution in [3.8, 4) is 0 Å². The van der Waals surface area contributed by atoms with Gasteiger partial charge in [0, 0.05) is 19.3 Å². The van der Waals surface area contributed by atoms with Crippen LogP contribution in [0.2, 0.25) is 0 Å². The van der Waals surface area contributed by atoms with Gasteiger partial charge < -0.3 is 14.2 Å². The average Bonchev–Trinajstić information content (AvgIpc) is 3.19. The fourth-order valence-electron chi connectivity index (χ4n) is 7.69. The van der Waals surface area contributed by atoms with Gasteiger partial charge in [0.25, 0.3) is 0 Å². The molecule has 0 rings (SSSR count). The molecule has 338 valence electrons. The van der Waals surface area contributed by atoms with Crippen LogP contribution >= 0.6 is 0 Å². The lowest BCUT2D eigenvalue weighted by Gasteiger charge is -2.18. The Balaban J connectivity index is 4.10. The van der Waals surface area contributed by atoms with E-state index >= 15 is 0 Å². The van der Waals surface area contributed by atoms with E-state index < -0.39 is 6.10 Å². The number of hydrogen-bond donors (Lipinski definition) is 0. The average molecular weight is 807 g/mol. The standard InChI is InChI=1S/C51H98O6/c1-5-7-9-11-12-13-14-15-18-22-25-28-31-35-39-43-50(53)56-46-48(45-55-49(52)42-38-33-10-8-6-2)57-51(54)44-40-36-32-29-26-23-20-17-16-19-21-24-27-30-34-37-41-47(3)4/h47-48H,5-46H2,1-4H3/t48-/m1/s1. The first-order chi connectivity index (χ1) is 27.9. The lowest BCUT2D eigenvalue weighted by molar-refractivity contribution is -0.167. The maximum Gasteiger partial charge on any atom is 0.306 e. The Labute approximate surface area is 355 Å². The molecule has 0 unspecified atom stereocenters. The number of esters is 3. The fraction of sp³-hybridized carbons (Fsp3) is 0.941. The summed E-state index contributed by atoms with van der Waals surface area (Å²) >= 11 is 0. The summed E-state index contributed by atoms with van der Waals surface area (Å²) in [6.45, 7) is 8.96. The monoisotopic (exact) mass is 807 g/mol. The predicted octanol–water partition coefficient (Wildman–Crippen LogP) is 16.3. The first kappa shape index (κ1) is 55.4. The van der Waals surface area contributed by atoms with Crippen molar-refractivity contribution in [1.29, 1.82) is 0 Å². The van der Waals surface area contributed by atoms with E-state index in [1.807, 2.05) is 0 Å². The van der Waals surface area contributed by atoms with Crippen LogP contribution in [-0.2, 0) is 28.6 Å². The van der Waals surface area contributed by atoms with Crippen molar-refractivity contribution in [2.45, 2.75) is 291 Å². The van der Waals surface area contributed by atoms with E-state index in [-0.39, 0.29) is 31.1 Å². The molecule has 0 N–H and O–H groups in total. The van der Waals surface area contributed by atoms with Crippen molar-refractivity contribution < 1.29 is 28.6 Å². The van der Waals surface area contributed by atoms with Crippen LogP contribution in [0.5, 0.6) is 0 Å². The van der Waals surface area contributed by atoms with Gasteiger partial charge in [0.2, 0.25) is 0 Å². The highest BCUT2D eigenvalue weighted by atomic mass is 16.6. The highest BCUT2D eigenvalue weighted by Crippen LogP contribution is 2.17. The third-order valence-corrected chi connectivity index (χ3v) is 11.5. The third kappa shape index (κ3) is 45.3. The van der Waals surface area contributed by atoms with Gasteiger partial charge in [0.05, 0.1) is 0 Å². The molecule has 6 nitrogen and oxygen atoms in total. The van der Waals surface area contributed by atoms with Crippen molar-refractivity contribution in [3.05, 3.63) is 0 Å². The van der Waals surface area contributed by atoms with Gasteiger partial charge in [-0.3, -0.25) is 14.4 Å². The molecule has 0 radical (unpaired) electrons. The topological polar surface area (TPSA) is 78.9 Å².